The van der Waals surface area contributed by atoms with E-state index in [1.807, 2.05) is 0 Å². The van der Waals surface area contributed by atoms with Gasteiger partial charge >= 0.3 is 0 Å². The highest BCUT2D eigenvalue weighted by Crippen LogP contribution is 2.25. The van der Waals surface area contributed by atoms with Crippen LogP contribution in [0, 0.1) is 0 Å². The number of nitrogens with one attached hydrogen (secondary N) is 1. The summed E-state index contributed by atoms with van der Waals surface area (Å²) in [7, 11) is 1.55. The highest BCUT2D eigenvalue weighted by molar-refractivity contribution is 6.42. The number of nitrogen functional groups attached to an aromatic ring is 1. The molecule has 0 heterocycles. The molecule has 0 bridgehead atoms. The number of benzene rings is 2. The van der Waals surface area contributed by atoms with Crippen molar-refractivity contribution < 1.29 is 9.53 Å². The lowest BCUT2D eigenvalue weighted by molar-refractivity contribution is -0.115. The number of hydrogen-bond acceptors (Lipinski definition) is 3. The van der Waals surface area contributed by atoms with E-state index in [9.17, 15) is 4.79 Å². The van der Waals surface area contributed by atoms with Gasteiger partial charge in [0, 0.05) is 6.07 Å². The molecule has 0 aliphatic carbocycles. The third-order valence-corrected chi connectivity index (χ3v) is 3.62. The van der Waals surface area contributed by atoms with E-state index < -0.39 is 0 Å². The molecule has 110 valence electrons. The topological polar surface area (TPSA) is 64.3 Å². The molecule has 21 heavy (non-hydrogen) atoms. The SMILES string of the molecule is COc1ccc(NC(=O)Cc2ccc(Cl)c(Cl)c2)c(N)c1. The van der Waals surface area contributed by atoms with E-state index in [0.29, 0.717) is 27.2 Å². The number of carbonyl (C=O) groups is 1. The minimum atomic E-state index is -0.190. The Hall–Kier alpha value is -1.91. The summed E-state index contributed by atoms with van der Waals surface area (Å²) in [5.41, 5.74) is 7.61. The fourth-order valence-corrected chi connectivity index (χ4v) is 2.13. The van der Waals surface area contributed by atoms with Crippen molar-refractivity contribution in [3.63, 3.8) is 0 Å². The molecule has 0 aliphatic rings. The highest BCUT2D eigenvalue weighted by atomic mass is 35.5. The number of carbonyl (C=O) groups excluding carboxylic acids is 1. The zero-order chi connectivity index (χ0) is 15.4. The number of halogens is 2. The first kappa shape index (κ1) is 15.5. The second kappa shape index (κ2) is 6.70. The molecule has 0 saturated carbocycles. The predicted molar refractivity (Wildman–Crippen MR) is 86.2 cm³/mol. The van der Waals surface area contributed by atoms with Gasteiger partial charge in [0.25, 0.3) is 0 Å². The monoisotopic (exact) mass is 324 g/mol. The Morgan fingerprint density at radius 2 is 1.95 bits per heavy atom. The largest absolute Gasteiger partial charge is 0.497 e. The molecule has 0 radical (unpaired) electrons. The average Bonchev–Trinajstić information content (AvgIpc) is 2.45. The zero-order valence-corrected chi connectivity index (χ0v) is 12.8. The summed E-state index contributed by atoms with van der Waals surface area (Å²) in [6, 6.07) is 10.2. The molecule has 0 aliphatic heterocycles. The maximum absolute atomic E-state index is 12.0. The summed E-state index contributed by atoms with van der Waals surface area (Å²) in [4.78, 5) is 12.0. The van der Waals surface area contributed by atoms with Crippen LogP contribution < -0.4 is 15.8 Å². The summed E-state index contributed by atoms with van der Waals surface area (Å²) in [5.74, 6) is 0.445. The Morgan fingerprint density at radius 1 is 1.19 bits per heavy atom. The quantitative estimate of drug-likeness (QED) is 0.841. The lowest BCUT2D eigenvalue weighted by atomic mass is 10.1. The van der Waals surface area contributed by atoms with E-state index in [0.717, 1.165) is 5.56 Å². The van der Waals surface area contributed by atoms with Gasteiger partial charge in [0.15, 0.2) is 0 Å². The molecule has 6 heteroatoms. The van der Waals surface area contributed by atoms with Crippen LogP contribution in [0.1, 0.15) is 5.56 Å². The van der Waals surface area contributed by atoms with Crippen LogP contribution >= 0.6 is 23.2 Å². The van der Waals surface area contributed by atoms with Gasteiger partial charge in [0.1, 0.15) is 5.75 Å². The fourth-order valence-electron chi connectivity index (χ4n) is 1.81. The van der Waals surface area contributed by atoms with Gasteiger partial charge in [-0.1, -0.05) is 29.3 Å². The van der Waals surface area contributed by atoms with Gasteiger partial charge in [-0.05, 0) is 29.8 Å². The molecule has 0 spiro atoms. The molecule has 0 saturated heterocycles. The molecule has 0 fully saturated rings. The molecule has 1 amide bonds. The number of hydrogen-bond donors (Lipinski definition) is 2. The first-order valence-electron chi connectivity index (χ1n) is 6.17. The van der Waals surface area contributed by atoms with E-state index in [1.54, 1.807) is 43.5 Å². The smallest absolute Gasteiger partial charge is 0.228 e. The molecule has 3 N–H and O–H groups in total. The molecule has 0 aromatic heterocycles. The van der Waals surface area contributed by atoms with Crippen LogP contribution in [-0.2, 0) is 11.2 Å². The lowest BCUT2D eigenvalue weighted by Crippen LogP contribution is -2.15. The Bertz CT molecular complexity index is 675. The summed E-state index contributed by atoms with van der Waals surface area (Å²) in [6.45, 7) is 0. The number of anilines is 2. The molecular weight excluding hydrogens is 311 g/mol. The van der Waals surface area contributed by atoms with Crippen LogP contribution in [0.15, 0.2) is 36.4 Å². The van der Waals surface area contributed by atoms with Crippen LogP contribution in [-0.4, -0.2) is 13.0 Å². The van der Waals surface area contributed by atoms with Gasteiger partial charge in [-0.25, -0.2) is 0 Å². The first-order valence-corrected chi connectivity index (χ1v) is 6.92. The van der Waals surface area contributed by atoms with Crippen molar-refractivity contribution in [2.45, 2.75) is 6.42 Å². The zero-order valence-electron chi connectivity index (χ0n) is 11.3. The van der Waals surface area contributed by atoms with E-state index in [2.05, 4.69) is 5.32 Å². The average molecular weight is 325 g/mol. The minimum absolute atomic E-state index is 0.183. The molecule has 4 nitrogen and oxygen atoms in total. The minimum Gasteiger partial charge on any atom is -0.497 e. The van der Waals surface area contributed by atoms with Crippen LogP contribution in [0.4, 0.5) is 11.4 Å². The summed E-state index contributed by atoms with van der Waals surface area (Å²) >= 11 is 11.8. The van der Waals surface area contributed by atoms with E-state index in [4.69, 9.17) is 33.7 Å². The second-order valence-corrected chi connectivity index (χ2v) is 5.24. The van der Waals surface area contributed by atoms with Crippen molar-refractivity contribution in [3.05, 3.63) is 52.0 Å². The summed E-state index contributed by atoms with van der Waals surface area (Å²) < 4.78 is 5.06. The standard InChI is InChI=1S/C15H14Cl2N2O2/c1-21-10-3-5-14(13(18)8-10)19-15(20)7-9-2-4-11(16)12(17)6-9/h2-6,8H,7,18H2,1H3,(H,19,20). The third kappa shape index (κ3) is 4.03. The van der Waals surface area contributed by atoms with Gasteiger partial charge in [-0.15, -0.1) is 0 Å². The third-order valence-electron chi connectivity index (χ3n) is 2.88. The number of nitrogens with two attached hydrogens (primary N) is 1. The number of amides is 1. The van der Waals surface area contributed by atoms with Gasteiger partial charge in [0.2, 0.25) is 5.91 Å². The van der Waals surface area contributed by atoms with Crippen molar-refractivity contribution in [2.24, 2.45) is 0 Å². The second-order valence-electron chi connectivity index (χ2n) is 4.43. The van der Waals surface area contributed by atoms with Crippen LogP contribution in [0.25, 0.3) is 0 Å². The van der Waals surface area contributed by atoms with Crippen LogP contribution in [0.3, 0.4) is 0 Å². The van der Waals surface area contributed by atoms with Gasteiger partial charge < -0.3 is 15.8 Å². The fraction of sp³-hybridized carbons (Fsp3) is 0.133. The van der Waals surface area contributed by atoms with Crippen LogP contribution in [0.2, 0.25) is 10.0 Å². The Kier molecular flexibility index (Phi) is 4.94. The van der Waals surface area contributed by atoms with Gasteiger partial charge in [-0.2, -0.15) is 0 Å². The first-order chi connectivity index (χ1) is 9.99. The van der Waals surface area contributed by atoms with Gasteiger partial charge in [0.05, 0.1) is 35.0 Å². The van der Waals surface area contributed by atoms with Crippen LogP contribution in [0.5, 0.6) is 5.75 Å². The van der Waals surface area contributed by atoms with E-state index in [1.165, 1.54) is 0 Å². The summed E-state index contributed by atoms with van der Waals surface area (Å²) in [5, 5.41) is 3.63. The Morgan fingerprint density at radius 3 is 2.57 bits per heavy atom. The molecule has 0 atom stereocenters. The normalized spacial score (nSPS) is 10.2. The van der Waals surface area contributed by atoms with Crippen molar-refractivity contribution in [1.29, 1.82) is 0 Å². The number of ether oxygens (including phenoxy) is 1. The number of rotatable bonds is 4. The van der Waals surface area contributed by atoms with Crippen molar-refractivity contribution in [3.8, 4) is 5.75 Å². The van der Waals surface area contributed by atoms with Gasteiger partial charge in [-0.3, -0.25) is 4.79 Å². The molecule has 0 unspecified atom stereocenters. The maximum Gasteiger partial charge on any atom is 0.228 e. The Labute approximate surface area is 132 Å². The predicted octanol–water partition coefficient (Wildman–Crippen LogP) is 3.77. The summed E-state index contributed by atoms with van der Waals surface area (Å²) in [6.07, 6.45) is 0.183. The highest BCUT2D eigenvalue weighted by Gasteiger charge is 2.08. The molecule has 2 aromatic rings. The van der Waals surface area contributed by atoms with Crippen molar-refractivity contribution in [2.75, 3.05) is 18.2 Å². The molecule has 2 aromatic carbocycles. The van der Waals surface area contributed by atoms with Crippen molar-refractivity contribution in [1.82, 2.24) is 0 Å². The lowest BCUT2D eigenvalue weighted by Gasteiger charge is -2.10. The number of methoxy groups -OCH3 is 1. The Balaban J connectivity index is 2.06. The molecular formula is C15H14Cl2N2O2. The maximum atomic E-state index is 12.0. The molecule has 2 rings (SSSR count). The van der Waals surface area contributed by atoms with E-state index in [-0.39, 0.29) is 12.3 Å². The van der Waals surface area contributed by atoms with E-state index >= 15 is 0 Å². The van der Waals surface area contributed by atoms with Crippen molar-refractivity contribution >= 4 is 40.5 Å².